The van der Waals surface area contributed by atoms with Gasteiger partial charge in [0.05, 0.1) is 30.0 Å². The lowest BCUT2D eigenvalue weighted by molar-refractivity contribution is 0.0690. The number of hydrogen-bond donors (Lipinski definition) is 2. The van der Waals surface area contributed by atoms with Gasteiger partial charge in [-0.05, 0) is 37.9 Å². The monoisotopic (exact) mass is 418 g/mol. The summed E-state index contributed by atoms with van der Waals surface area (Å²) in [5, 5.41) is 19.3. The zero-order chi connectivity index (χ0) is 15.4. The van der Waals surface area contributed by atoms with Crippen LogP contribution in [0.2, 0.25) is 0 Å². The number of carboxylic acid groups (broad SMARTS) is 1. The third kappa shape index (κ3) is 3.94. The van der Waals surface area contributed by atoms with Crippen molar-refractivity contribution >= 4 is 43.5 Å². The molecule has 2 rings (SSSR count). The van der Waals surface area contributed by atoms with Gasteiger partial charge < -0.3 is 15.2 Å². The van der Waals surface area contributed by atoms with Gasteiger partial charge in [-0.1, -0.05) is 5.21 Å². The second-order valence-electron chi connectivity index (χ2n) is 4.07. The quantitative estimate of drug-likeness (QED) is 0.748. The van der Waals surface area contributed by atoms with Gasteiger partial charge in [0.2, 0.25) is 0 Å². The molecule has 2 aromatic rings. The van der Waals surface area contributed by atoms with Gasteiger partial charge in [-0.2, -0.15) is 0 Å². The van der Waals surface area contributed by atoms with Gasteiger partial charge in [-0.15, -0.1) is 5.10 Å². The molecule has 1 aromatic heterocycles. The normalized spacial score (nSPS) is 10.4. The minimum Gasteiger partial charge on any atom is -0.495 e. The lowest BCUT2D eigenvalue weighted by Crippen LogP contribution is -2.11. The van der Waals surface area contributed by atoms with Crippen molar-refractivity contribution in [3.63, 3.8) is 0 Å². The molecule has 21 heavy (non-hydrogen) atoms. The Bertz CT molecular complexity index is 660. The predicted octanol–water partition coefficient (Wildman–Crippen LogP) is 2.62. The van der Waals surface area contributed by atoms with E-state index < -0.39 is 5.97 Å². The number of benzene rings is 1. The number of ether oxygens (including phenoxy) is 1. The highest BCUT2D eigenvalue weighted by Crippen LogP contribution is 2.34. The molecule has 112 valence electrons. The summed E-state index contributed by atoms with van der Waals surface area (Å²) < 4.78 is 8.45. The third-order valence-corrected chi connectivity index (χ3v) is 3.93. The summed E-state index contributed by atoms with van der Waals surface area (Å²) in [4.78, 5) is 10.7. The molecule has 1 heterocycles. The maximum absolute atomic E-state index is 10.7. The molecule has 0 fully saturated rings. The maximum atomic E-state index is 10.7. The highest BCUT2D eigenvalue weighted by molar-refractivity contribution is 9.11. The molecule has 1 aromatic carbocycles. The number of methoxy groups -OCH3 is 1. The zero-order valence-corrected chi connectivity index (χ0v) is 14.2. The number of carbonyl (C=O) groups is 1. The van der Waals surface area contributed by atoms with E-state index in [0.29, 0.717) is 13.1 Å². The highest BCUT2D eigenvalue weighted by Gasteiger charge is 2.09. The first-order valence-corrected chi connectivity index (χ1v) is 7.50. The molecule has 0 aliphatic carbocycles. The topological polar surface area (TPSA) is 89.3 Å². The van der Waals surface area contributed by atoms with Crippen LogP contribution in [-0.4, -0.2) is 39.7 Å². The predicted molar refractivity (Wildman–Crippen MR) is 83.9 cm³/mol. The van der Waals surface area contributed by atoms with Crippen LogP contribution in [0, 0.1) is 0 Å². The molecule has 0 spiro atoms. The minimum atomic E-state index is -1.09. The molecule has 2 N–H and O–H groups in total. The Morgan fingerprint density at radius 3 is 2.81 bits per heavy atom. The van der Waals surface area contributed by atoms with E-state index in [1.807, 2.05) is 12.1 Å². The SMILES string of the molecule is COc1cc(NCCn2cc(C(=O)O)nn2)c(Br)cc1Br. The summed E-state index contributed by atoms with van der Waals surface area (Å²) in [6, 6.07) is 3.75. The molecule has 0 radical (unpaired) electrons. The van der Waals surface area contributed by atoms with Gasteiger partial charge in [0.15, 0.2) is 5.69 Å². The summed E-state index contributed by atoms with van der Waals surface area (Å²) in [6.45, 7) is 1.05. The van der Waals surface area contributed by atoms with Gasteiger partial charge in [0.1, 0.15) is 5.75 Å². The fraction of sp³-hybridized carbons (Fsp3) is 0.250. The van der Waals surface area contributed by atoms with Gasteiger partial charge in [-0.25, -0.2) is 9.48 Å². The van der Waals surface area contributed by atoms with Crippen molar-refractivity contribution in [2.75, 3.05) is 19.0 Å². The number of aromatic nitrogens is 3. The molecule has 0 saturated carbocycles. The number of nitrogens with zero attached hydrogens (tertiary/aromatic N) is 3. The zero-order valence-electron chi connectivity index (χ0n) is 11.0. The second kappa shape index (κ2) is 6.90. The first-order valence-electron chi connectivity index (χ1n) is 5.91. The smallest absolute Gasteiger partial charge is 0.358 e. The lowest BCUT2D eigenvalue weighted by atomic mass is 10.3. The van der Waals surface area contributed by atoms with Gasteiger partial charge in [0, 0.05) is 17.1 Å². The second-order valence-corrected chi connectivity index (χ2v) is 5.77. The summed E-state index contributed by atoms with van der Waals surface area (Å²) in [5.74, 6) is -0.371. The molecule has 0 bridgehead atoms. The van der Waals surface area contributed by atoms with E-state index in [1.165, 1.54) is 10.9 Å². The van der Waals surface area contributed by atoms with Gasteiger partial charge in [-0.3, -0.25) is 0 Å². The number of hydrogen-bond acceptors (Lipinski definition) is 5. The summed E-state index contributed by atoms with van der Waals surface area (Å²) >= 11 is 6.86. The number of anilines is 1. The summed E-state index contributed by atoms with van der Waals surface area (Å²) in [5.41, 5.74) is 0.801. The van der Waals surface area contributed by atoms with E-state index in [1.54, 1.807) is 7.11 Å². The van der Waals surface area contributed by atoms with Crippen molar-refractivity contribution in [1.29, 1.82) is 0 Å². The van der Waals surface area contributed by atoms with Crippen molar-refractivity contribution < 1.29 is 14.6 Å². The number of halogens is 2. The number of nitrogens with one attached hydrogen (secondary N) is 1. The maximum Gasteiger partial charge on any atom is 0.358 e. The molecule has 0 aliphatic heterocycles. The van der Waals surface area contributed by atoms with E-state index >= 15 is 0 Å². The Morgan fingerprint density at radius 1 is 1.43 bits per heavy atom. The first kappa shape index (κ1) is 15.8. The van der Waals surface area contributed by atoms with E-state index in [9.17, 15) is 4.79 Å². The Kier molecular flexibility index (Phi) is 5.18. The molecular weight excluding hydrogens is 408 g/mol. The molecule has 0 amide bonds. The first-order chi connectivity index (χ1) is 10.0. The molecule has 0 atom stereocenters. The molecule has 9 heteroatoms. The Morgan fingerprint density at radius 2 is 2.19 bits per heavy atom. The van der Waals surface area contributed by atoms with Crippen LogP contribution in [0.1, 0.15) is 10.5 Å². The standard InChI is InChI=1S/C12H12Br2N4O3/c1-21-11-5-9(7(13)4-8(11)14)15-2-3-18-6-10(12(19)20)16-17-18/h4-6,15H,2-3H2,1H3,(H,19,20). The van der Waals surface area contributed by atoms with Crippen LogP contribution >= 0.6 is 31.9 Å². The Balaban J connectivity index is 1.98. The van der Waals surface area contributed by atoms with Crippen LogP contribution in [0.15, 0.2) is 27.3 Å². The molecule has 0 unspecified atom stereocenters. The van der Waals surface area contributed by atoms with Gasteiger partial charge >= 0.3 is 5.97 Å². The molecule has 7 nitrogen and oxygen atoms in total. The van der Waals surface area contributed by atoms with Gasteiger partial charge in [0.25, 0.3) is 0 Å². The van der Waals surface area contributed by atoms with Crippen LogP contribution in [0.3, 0.4) is 0 Å². The molecule has 0 saturated heterocycles. The minimum absolute atomic E-state index is 0.0681. The van der Waals surface area contributed by atoms with Crippen molar-refractivity contribution in [2.24, 2.45) is 0 Å². The highest BCUT2D eigenvalue weighted by atomic mass is 79.9. The fourth-order valence-electron chi connectivity index (χ4n) is 1.63. The summed E-state index contributed by atoms with van der Waals surface area (Å²) in [7, 11) is 1.60. The molecule has 0 aliphatic rings. The Hall–Kier alpha value is -1.61. The number of carboxylic acids is 1. The van der Waals surface area contributed by atoms with Crippen molar-refractivity contribution in [2.45, 2.75) is 6.54 Å². The van der Waals surface area contributed by atoms with Crippen LogP contribution in [-0.2, 0) is 6.54 Å². The van der Waals surface area contributed by atoms with E-state index in [2.05, 4.69) is 47.5 Å². The molecular formula is C12H12Br2N4O3. The number of rotatable bonds is 6. The van der Waals surface area contributed by atoms with Crippen LogP contribution in [0.5, 0.6) is 5.75 Å². The Labute approximate surface area is 137 Å². The van der Waals surface area contributed by atoms with E-state index in [4.69, 9.17) is 9.84 Å². The fourth-order valence-corrected chi connectivity index (χ4v) is 2.93. The van der Waals surface area contributed by atoms with Crippen LogP contribution in [0.25, 0.3) is 0 Å². The lowest BCUT2D eigenvalue weighted by Gasteiger charge is -2.11. The largest absolute Gasteiger partial charge is 0.495 e. The van der Waals surface area contributed by atoms with Crippen LogP contribution < -0.4 is 10.1 Å². The average molecular weight is 420 g/mol. The van der Waals surface area contributed by atoms with E-state index in [0.717, 1.165) is 20.4 Å². The number of aromatic carboxylic acids is 1. The van der Waals surface area contributed by atoms with Crippen molar-refractivity contribution in [1.82, 2.24) is 15.0 Å². The van der Waals surface area contributed by atoms with Crippen LogP contribution in [0.4, 0.5) is 5.69 Å². The van der Waals surface area contributed by atoms with E-state index in [-0.39, 0.29) is 5.69 Å². The van der Waals surface area contributed by atoms with Crippen molar-refractivity contribution in [3.8, 4) is 5.75 Å². The average Bonchev–Trinajstić information content (AvgIpc) is 2.90. The van der Waals surface area contributed by atoms with Crippen molar-refractivity contribution in [3.05, 3.63) is 33.0 Å². The summed E-state index contributed by atoms with van der Waals surface area (Å²) in [6.07, 6.45) is 1.39. The third-order valence-electron chi connectivity index (χ3n) is 2.66.